The van der Waals surface area contributed by atoms with Crippen molar-refractivity contribution in [1.29, 1.82) is 0 Å². The van der Waals surface area contributed by atoms with Gasteiger partial charge in [-0.1, -0.05) is 115 Å². The minimum absolute atomic E-state index is 0.887. The van der Waals surface area contributed by atoms with E-state index in [1.54, 1.807) is 0 Å². The van der Waals surface area contributed by atoms with Gasteiger partial charge in [0.25, 0.3) is 0 Å². The minimum atomic E-state index is 0.887. The number of hydrogen-bond donors (Lipinski definition) is 0. The molecule has 0 spiro atoms. The first-order valence-corrected chi connectivity index (χ1v) is 19.7. The number of para-hydroxylation sites is 3. The quantitative estimate of drug-likeness (QED) is 0.170. The van der Waals surface area contributed by atoms with Gasteiger partial charge in [-0.05, 0) is 108 Å². The minimum Gasteiger partial charge on any atom is -0.456 e. The second-order valence-corrected chi connectivity index (χ2v) is 15.0. The number of benzene rings is 9. The normalized spacial score (nSPS) is 11.8. The third-order valence-electron chi connectivity index (χ3n) is 11.7. The van der Waals surface area contributed by atoms with E-state index in [1.165, 1.54) is 49.0 Å². The molecule has 9 aromatic carbocycles. The van der Waals surface area contributed by atoms with Crippen molar-refractivity contribution in [1.82, 2.24) is 9.13 Å². The topological polar surface area (TPSA) is 26.2 Å². The van der Waals surface area contributed by atoms with E-state index in [0.29, 0.717) is 0 Å². The molecule has 0 atom stereocenters. The highest BCUT2D eigenvalue weighted by Gasteiger charge is 2.19. The molecule has 3 aromatic heterocycles. The average molecular weight is 742 g/mol. The molecular weight excluding hydrogens is 707 g/mol. The monoisotopic (exact) mass is 741 g/mol. The van der Waals surface area contributed by atoms with E-state index in [2.05, 4.69) is 214 Å². The SMILES string of the molecule is c1ccc(-n2c3ccccc3c3cc4ccn(-c5ccc(-c6ccc(N(c7ccc8oc9ccccc9c8c7)c7cccc8ccccc78)cc6)cc5)c4cc32)cc1. The molecule has 0 fully saturated rings. The summed E-state index contributed by atoms with van der Waals surface area (Å²) in [5, 5.41) is 8.37. The van der Waals surface area contributed by atoms with Crippen molar-refractivity contribution < 1.29 is 4.42 Å². The van der Waals surface area contributed by atoms with Crippen molar-refractivity contribution in [3.05, 3.63) is 212 Å². The Morgan fingerprint density at radius 3 is 1.88 bits per heavy atom. The highest BCUT2D eigenvalue weighted by molar-refractivity contribution is 6.13. The second-order valence-electron chi connectivity index (χ2n) is 15.0. The van der Waals surface area contributed by atoms with Crippen LogP contribution < -0.4 is 4.90 Å². The third-order valence-corrected chi connectivity index (χ3v) is 11.7. The fourth-order valence-electron chi connectivity index (χ4n) is 8.98. The number of aromatic nitrogens is 2. The van der Waals surface area contributed by atoms with Gasteiger partial charge in [0.05, 0.1) is 22.2 Å². The molecule has 0 aliphatic rings. The first kappa shape index (κ1) is 32.4. The van der Waals surface area contributed by atoms with E-state index in [1.807, 2.05) is 12.1 Å². The molecule has 0 aliphatic carbocycles. The highest BCUT2D eigenvalue weighted by Crippen LogP contribution is 2.42. The maximum absolute atomic E-state index is 6.22. The maximum Gasteiger partial charge on any atom is 0.135 e. The predicted molar refractivity (Wildman–Crippen MR) is 243 cm³/mol. The van der Waals surface area contributed by atoms with Gasteiger partial charge in [-0.15, -0.1) is 0 Å². The largest absolute Gasteiger partial charge is 0.456 e. The standard InChI is InChI=1S/C54H35N3O/c1-2-13-41(14-3-1)57-50-18-8-6-16-45(50)47-33-39-31-32-55(51(39)35-52(47)57)40-25-21-36(22-26-40)37-23-27-42(28-24-37)56(49-19-10-12-38-11-4-5-15-44(38)49)43-29-30-54-48(34-43)46-17-7-9-20-53(46)58-54/h1-35H. The smallest absolute Gasteiger partial charge is 0.135 e. The van der Waals surface area contributed by atoms with Crippen LogP contribution in [-0.4, -0.2) is 9.13 Å². The summed E-state index contributed by atoms with van der Waals surface area (Å²) in [7, 11) is 0. The summed E-state index contributed by atoms with van der Waals surface area (Å²) >= 11 is 0. The Balaban J connectivity index is 0.922. The van der Waals surface area contributed by atoms with Crippen molar-refractivity contribution >= 4 is 82.5 Å². The van der Waals surface area contributed by atoms with Gasteiger partial charge in [0.15, 0.2) is 0 Å². The van der Waals surface area contributed by atoms with Gasteiger partial charge >= 0.3 is 0 Å². The van der Waals surface area contributed by atoms with Crippen LogP contribution in [0.1, 0.15) is 0 Å². The molecule has 0 N–H and O–H groups in total. The van der Waals surface area contributed by atoms with E-state index in [0.717, 1.165) is 55.9 Å². The van der Waals surface area contributed by atoms with E-state index < -0.39 is 0 Å². The number of nitrogens with zero attached hydrogens (tertiary/aromatic N) is 3. The molecule has 4 heteroatoms. The van der Waals surface area contributed by atoms with Crippen molar-refractivity contribution in [2.45, 2.75) is 0 Å². The predicted octanol–water partition coefficient (Wildman–Crippen LogP) is 14.9. The third kappa shape index (κ3) is 5.09. The van der Waals surface area contributed by atoms with Gasteiger partial charge < -0.3 is 18.5 Å². The first-order valence-electron chi connectivity index (χ1n) is 19.7. The summed E-state index contributed by atoms with van der Waals surface area (Å²) in [5.74, 6) is 0. The van der Waals surface area contributed by atoms with Crippen LogP contribution >= 0.6 is 0 Å². The van der Waals surface area contributed by atoms with Crippen LogP contribution in [0.3, 0.4) is 0 Å². The second kappa shape index (κ2) is 12.9. The summed E-state index contributed by atoms with van der Waals surface area (Å²) < 4.78 is 10.9. The van der Waals surface area contributed by atoms with Crippen LogP contribution in [0, 0.1) is 0 Å². The number of rotatable bonds is 6. The van der Waals surface area contributed by atoms with Crippen LogP contribution in [0.2, 0.25) is 0 Å². The van der Waals surface area contributed by atoms with Crippen LogP contribution in [0.5, 0.6) is 0 Å². The van der Waals surface area contributed by atoms with Crippen molar-refractivity contribution in [3.8, 4) is 22.5 Å². The number of anilines is 3. The zero-order valence-electron chi connectivity index (χ0n) is 31.5. The summed E-state index contributed by atoms with van der Waals surface area (Å²) in [5.41, 5.74) is 13.3. The molecule has 4 nitrogen and oxygen atoms in total. The Morgan fingerprint density at radius 1 is 0.362 bits per heavy atom. The fraction of sp³-hybridized carbons (Fsp3) is 0. The molecule has 12 rings (SSSR count). The van der Waals surface area contributed by atoms with Crippen LogP contribution in [0.15, 0.2) is 217 Å². The van der Waals surface area contributed by atoms with Gasteiger partial charge in [0.2, 0.25) is 0 Å². The van der Waals surface area contributed by atoms with Gasteiger partial charge in [0, 0.05) is 61.3 Å². The van der Waals surface area contributed by atoms with Crippen molar-refractivity contribution in [3.63, 3.8) is 0 Å². The summed E-state index contributed by atoms with van der Waals surface area (Å²) in [6.07, 6.45) is 2.19. The van der Waals surface area contributed by atoms with Gasteiger partial charge in [-0.3, -0.25) is 0 Å². The molecular formula is C54H35N3O. The van der Waals surface area contributed by atoms with E-state index in [9.17, 15) is 0 Å². The van der Waals surface area contributed by atoms with E-state index in [4.69, 9.17) is 4.42 Å². The lowest BCUT2D eigenvalue weighted by molar-refractivity contribution is 0.669. The van der Waals surface area contributed by atoms with Crippen LogP contribution in [0.25, 0.3) is 87.9 Å². The van der Waals surface area contributed by atoms with E-state index in [-0.39, 0.29) is 0 Å². The summed E-state index contributed by atoms with van der Waals surface area (Å²) in [6, 6.07) is 74.1. The molecule has 272 valence electrons. The van der Waals surface area contributed by atoms with Gasteiger partial charge in [0.1, 0.15) is 11.2 Å². The zero-order chi connectivity index (χ0) is 38.2. The Bertz CT molecular complexity index is 3490. The highest BCUT2D eigenvalue weighted by atomic mass is 16.3. The van der Waals surface area contributed by atoms with Crippen molar-refractivity contribution in [2.75, 3.05) is 4.90 Å². The molecule has 0 saturated carbocycles. The molecule has 0 radical (unpaired) electrons. The summed E-state index contributed by atoms with van der Waals surface area (Å²) in [4.78, 5) is 2.36. The molecule has 0 aliphatic heterocycles. The Hall–Kier alpha value is -7.82. The molecule has 0 bridgehead atoms. The molecule has 0 saturated heterocycles. The first-order chi connectivity index (χ1) is 28.7. The molecule has 12 aromatic rings. The molecule has 0 unspecified atom stereocenters. The van der Waals surface area contributed by atoms with Gasteiger partial charge in [-0.2, -0.15) is 0 Å². The van der Waals surface area contributed by atoms with Crippen LogP contribution in [0.4, 0.5) is 17.1 Å². The molecule has 3 heterocycles. The lowest BCUT2D eigenvalue weighted by Gasteiger charge is -2.27. The van der Waals surface area contributed by atoms with Crippen LogP contribution in [-0.2, 0) is 0 Å². The van der Waals surface area contributed by atoms with E-state index >= 15 is 0 Å². The fourth-order valence-corrected chi connectivity index (χ4v) is 8.98. The Morgan fingerprint density at radius 2 is 1.03 bits per heavy atom. The maximum atomic E-state index is 6.22. The molecule has 0 amide bonds. The zero-order valence-corrected chi connectivity index (χ0v) is 31.5. The average Bonchev–Trinajstić information content (AvgIpc) is 3.98. The molecule has 58 heavy (non-hydrogen) atoms. The lowest BCUT2D eigenvalue weighted by atomic mass is 10.0. The van der Waals surface area contributed by atoms with Gasteiger partial charge in [-0.25, -0.2) is 0 Å². The number of furan rings is 1. The number of fused-ring (bicyclic) bond motifs is 8. The lowest BCUT2D eigenvalue weighted by Crippen LogP contribution is -2.10. The number of hydrogen-bond acceptors (Lipinski definition) is 2. The Labute approximate surface area is 334 Å². The summed E-state index contributed by atoms with van der Waals surface area (Å²) in [6.45, 7) is 0. The van der Waals surface area contributed by atoms with Crippen molar-refractivity contribution in [2.24, 2.45) is 0 Å². The Kier molecular flexibility index (Phi) is 7.20.